The molecule has 0 radical (unpaired) electrons. The fourth-order valence-corrected chi connectivity index (χ4v) is 0.933. The van der Waals surface area contributed by atoms with Crippen LogP contribution >= 0.6 is 0 Å². The van der Waals surface area contributed by atoms with Gasteiger partial charge in [-0.2, -0.15) is 0 Å². The maximum absolute atomic E-state index is 12.2. The highest BCUT2D eigenvalue weighted by Gasteiger charge is 2.09. The standard InChI is InChI=1S/C8H9F2N/c9-8(10)7-4-2-1-3-6(7)5-11/h1-4,8H,5,11H2. The van der Waals surface area contributed by atoms with E-state index >= 15 is 0 Å². The van der Waals surface area contributed by atoms with Gasteiger partial charge in [-0.1, -0.05) is 24.3 Å². The molecule has 0 amide bonds. The van der Waals surface area contributed by atoms with Crippen LogP contribution in [-0.2, 0) is 6.54 Å². The summed E-state index contributed by atoms with van der Waals surface area (Å²) in [6.45, 7) is 0.167. The van der Waals surface area contributed by atoms with Crippen LogP contribution in [-0.4, -0.2) is 0 Å². The summed E-state index contributed by atoms with van der Waals surface area (Å²) in [4.78, 5) is 0. The van der Waals surface area contributed by atoms with Gasteiger partial charge in [0, 0.05) is 12.1 Å². The van der Waals surface area contributed by atoms with Crippen LogP contribution in [0.1, 0.15) is 17.6 Å². The Morgan fingerprint density at radius 1 is 1.27 bits per heavy atom. The van der Waals surface area contributed by atoms with E-state index in [2.05, 4.69) is 0 Å². The molecule has 0 atom stereocenters. The van der Waals surface area contributed by atoms with Gasteiger partial charge in [0.15, 0.2) is 0 Å². The van der Waals surface area contributed by atoms with Crippen LogP contribution in [0.4, 0.5) is 8.78 Å². The lowest BCUT2D eigenvalue weighted by Crippen LogP contribution is -2.01. The second-order valence-corrected chi connectivity index (χ2v) is 2.20. The third kappa shape index (κ3) is 1.74. The Kier molecular flexibility index (Phi) is 2.54. The predicted octanol–water partition coefficient (Wildman–Crippen LogP) is 2.08. The molecule has 0 aliphatic carbocycles. The SMILES string of the molecule is NCc1ccccc1C(F)F. The zero-order valence-electron chi connectivity index (χ0n) is 5.93. The highest BCUT2D eigenvalue weighted by Crippen LogP contribution is 2.21. The van der Waals surface area contributed by atoms with Gasteiger partial charge in [-0.05, 0) is 5.56 Å². The highest BCUT2D eigenvalue weighted by molar-refractivity contribution is 5.27. The lowest BCUT2D eigenvalue weighted by Gasteiger charge is -2.04. The van der Waals surface area contributed by atoms with Gasteiger partial charge < -0.3 is 5.73 Å². The summed E-state index contributed by atoms with van der Waals surface area (Å²) in [5.74, 6) is 0. The first kappa shape index (κ1) is 8.14. The van der Waals surface area contributed by atoms with Crippen LogP contribution in [0.5, 0.6) is 0 Å². The lowest BCUT2D eigenvalue weighted by atomic mass is 10.1. The molecule has 1 aromatic rings. The van der Waals surface area contributed by atoms with Crippen molar-refractivity contribution in [3.8, 4) is 0 Å². The van der Waals surface area contributed by atoms with Crippen LogP contribution in [0.2, 0.25) is 0 Å². The number of nitrogens with two attached hydrogens (primary N) is 1. The molecule has 0 bridgehead atoms. The number of rotatable bonds is 2. The van der Waals surface area contributed by atoms with E-state index in [1.165, 1.54) is 6.07 Å². The molecule has 0 aromatic heterocycles. The van der Waals surface area contributed by atoms with E-state index in [4.69, 9.17) is 5.73 Å². The Balaban J connectivity index is 3.02. The fraction of sp³-hybridized carbons (Fsp3) is 0.250. The summed E-state index contributed by atoms with van der Waals surface area (Å²) < 4.78 is 24.3. The average molecular weight is 157 g/mol. The molecule has 0 saturated heterocycles. The van der Waals surface area contributed by atoms with Crippen LogP contribution < -0.4 is 5.73 Å². The van der Waals surface area contributed by atoms with Crippen molar-refractivity contribution >= 4 is 0 Å². The molecule has 0 unspecified atom stereocenters. The van der Waals surface area contributed by atoms with E-state index < -0.39 is 6.43 Å². The Bertz CT molecular complexity index is 235. The lowest BCUT2D eigenvalue weighted by molar-refractivity contribution is 0.150. The molecule has 1 nitrogen and oxygen atoms in total. The molecule has 60 valence electrons. The van der Waals surface area contributed by atoms with Crippen molar-refractivity contribution < 1.29 is 8.78 Å². The second kappa shape index (κ2) is 3.44. The fourth-order valence-electron chi connectivity index (χ4n) is 0.933. The Morgan fingerprint density at radius 3 is 2.36 bits per heavy atom. The van der Waals surface area contributed by atoms with Gasteiger partial charge in [0.1, 0.15) is 0 Å². The molecular weight excluding hydrogens is 148 g/mol. The highest BCUT2D eigenvalue weighted by atomic mass is 19.3. The zero-order chi connectivity index (χ0) is 8.27. The Morgan fingerprint density at radius 2 is 1.91 bits per heavy atom. The molecule has 0 spiro atoms. The van der Waals surface area contributed by atoms with E-state index in [1.54, 1.807) is 18.2 Å². The van der Waals surface area contributed by atoms with Crippen LogP contribution in [0, 0.1) is 0 Å². The summed E-state index contributed by atoms with van der Waals surface area (Å²) in [6.07, 6.45) is -2.42. The Labute approximate surface area is 63.8 Å². The van der Waals surface area contributed by atoms with Gasteiger partial charge in [0.25, 0.3) is 6.43 Å². The predicted molar refractivity (Wildman–Crippen MR) is 39.3 cm³/mol. The van der Waals surface area contributed by atoms with Gasteiger partial charge in [0.05, 0.1) is 0 Å². The number of halogens is 2. The summed E-state index contributed by atoms with van der Waals surface area (Å²) in [6, 6.07) is 6.29. The molecule has 0 fully saturated rings. The minimum atomic E-state index is -2.42. The molecular formula is C8H9F2N. The summed E-state index contributed by atoms with van der Waals surface area (Å²) in [5, 5.41) is 0. The Hall–Kier alpha value is -0.960. The monoisotopic (exact) mass is 157 g/mol. The summed E-state index contributed by atoms with van der Waals surface area (Å²) >= 11 is 0. The quantitative estimate of drug-likeness (QED) is 0.698. The molecule has 11 heavy (non-hydrogen) atoms. The molecule has 0 aliphatic heterocycles. The van der Waals surface area contributed by atoms with E-state index in [0.29, 0.717) is 5.56 Å². The minimum absolute atomic E-state index is 0.0370. The number of alkyl halides is 2. The molecule has 0 aliphatic rings. The number of hydrogen-bond donors (Lipinski definition) is 1. The molecule has 2 N–H and O–H groups in total. The van der Waals surface area contributed by atoms with E-state index in [-0.39, 0.29) is 12.1 Å². The third-order valence-electron chi connectivity index (χ3n) is 1.51. The van der Waals surface area contributed by atoms with Gasteiger partial charge >= 0.3 is 0 Å². The van der Waals surface area contributed by atoms with Gasteiger partial charge in [-0.25, -0.2) is 8.78 Å². The van der Waals surface area contributed by atoms with Crippen LogP contribution in [0.3, 0.4) is 0 Å². The normalized spacial score (nSPS) is 10.5. The average Bonchev–Trinajstić information content (AvgIpc) is 2.04. The van der Waals surface area contributed by atoms with Gasteiger partial charge in [0.2, 0.25) is 0 Å². The van der Waals surface area contributed by atoms with Crippen molar-refractivity contribution in [2.75, 3.05) is 0 Å². The molecule has 0 heterocycles. The molecule has 3 heteroatoms. The van der Waals surface area contributed by atoms with E-state index in [1.807, 2.05) is 0 Å². The summed E-state index contributed by atoms with van der Waals surface area (Å²) in [5.41, 5.74) is 5.81. The first-order valence-corrected chi connectivity index (χ1v) is 3.31. The maximum atomic E-state index is 12.2. The second-order valence-electron chi connectivity index (χ2n) is 2.20. The van der Waals surface area contributed by atoms with Crippen molar-refractivity contribution in [3.05, 3.63) is 35.4 Å². The molecule has 1 aromatic carbocycles. The van der Waals surface area contributed by atoms with Crippen molar-refractivity contribution in [1.29, 1.82) is 0 Å². The van der Waals surface area contributed by atoms with Gasteiger partial charge in [-0.15, -0.1) is 0 Å². The summed E-state index contributed by atoms with van der Waals surface area (Å²) in [7, 11) is 0. The van der Waals surface area contributed by atoms with Crippen LogP contribution in [0.15, 0.2) is 24.3 Å². The van der Waals surface area contributed by atoms with Crippen molar-refractivity contribution in [2.24, 2.45) is 5.73 Å². The minimum Gasteiger partial charge on any atom is -0.326 e. The number of benzene rings is 1. The van der Waals surface area contributed by atoms with Crippen molar-refractivity contribution in [3.63, 3.8) is 0 Å². The topological polar surface area (TPSA) is 26.0 Å². The molecule has 1 rings (SSSR count). The van der Waals surface area contributed by atoms with Crippen molar-refractivity contribution in [1.82, 2.24) is 0 Å². The zero-order valence-corrected chi connectivity index (χ0v) is 5.93. The van der Waals surface area contributed by atoms with Gasteiger partial charge in [-0.3, -0.25) is 0 Å². The maximum Gasteiger partial charge on any atom is 0.264 e. The first-order valence-electron chi connectivity index (χ1n) is 3.31. The third-order valence-corrected chi connectivity index (χ3v) is 1.51. The van der Waals surface area contributed by atoms with E-state index in [0.717, 1.165) is 0 Å². The van der Waals surface area contributed by atoms with E-state index in [9.17, 15) is 8.78 Å². The smallest absolute Gasteiger partial charge is 0.264 e. The number of hydrogen-bond acceptors (Lipinski definition) is 1. The van der Waals surface area contributed by atoms with Crippen LogP contribution in [0.25, 0.3) is 0 Å². The van der Waals surface area contributed by atoms with Crippen molar-refractivity contribution in [2.45, 2.75) is 13.0 Å². The first-order chi connectivity index (χ1) is 5.25. The molecule has 0 saturated carbocycles. The largest absolute Gasteiger partial charge is 0.326 e.